The zero-order valence-electron chi connectivity index (χ0n) is 12.5. The van der Waals surface area contributed by atoms with Gasteiger partial charge in [-0.05, 0) is 57.4 Å². The fraction of sp³-hybridized carbons (Fsp3) is 1.00. The molecule has 0 saturated heterocycles. The zero-order chi connectivity index (χ0) is 13.0. The van der Waals surface area contributed by atoms with E-state index < -0.39 is 0 Å². The normalized spacial score (nSPS) is 34.3. The second-order valence-electron chi connectivity index (χ2n) is 6.82. The van der Waals surface area contributed by atoms with Gasteiger partial charge in [0.2, 0.25) is 0 Å². The molecular formula is C16H31NO. The highest BCUT2D eigenvalue weighted by molar-refractivity contribution is 4.91. The molecule has 0 heterocycles. The molecular weight excluding hydrogens is 222 g/mol. The first kappa shape index (κ1) is 14.3. The fourth-order valence-electron chi connectivity index (χ4n) is 3.85. The average Bonchev–Trinajstić information content (AvgIpc) is 2.82. The lowest BCUT2D eigenvalue weighted by Crippen LogP contribution is -2.47. The Labute approximate surface area is 113 Å². The summed E-state index contributed by atoms with van der Waals surface area (Å²) in [7, 11) is 2.06. The molecule has 106 valence electrons. The molecule has 0 unspecified atom stereocenters. The molecule has 2 aliphatic rings. The quantitative estimate of drug-likeness (QED) is 0.805. The van der Waals surface area contributed by atoms with Crippen LogP contribution in [0.3, 0.4) is 0 Å². The monoisotopic (exact) mass is 253 g/mol. The Morgan fingerprint density at radius 1 is 1.11 bits per heavy atom. The van der Waals surface area contributed by atoms with E-state index in [0.717, 1.165) is 18.4 Å². The van der Waals surface area contributed by atoms with Crippen LogP contribution in [0.15, 0.2) is 0 Å². The first-order valence-electron chi connectivity index (χ1n) is 7.98. The molecule has 0 bridgehead atoms. The first-order valence-corrected chi connectivity index (χ1v) is 7.98. The summed E-state index contributed by atoms with van der Waals surface area (Å²) >= 11 is 0. The van der Waals surface area contributed by atoms with Crippen LogP contribution < -0.4 is 5.32 Å². The Morgan fingerprint density at radius 3 is 2.22 bits per heavy atom. The van der Waals surface area contributed by atoms with Crippen molar-refractivity contribution in [3.63, 3.8) is 0 Å². The van der Waals surface area contributed by atoms with E-state index in [4.69, 9.17) is 4.74 Å². The minimum absolute atomic E-state index is 0.148. The van der Waals surface area contributed by atoms with Gasteiger partial charge in [0.25, 0.3) is 0 Å². The third-order valence-corrected chi connectivity index (χ3v) is 5.10. The van der Waals surface area contributed by atoms with Crippen LogP contribution in [0.5, 0.6) is 0 Å². The van der Waals surface area contributed by atoms with Crippen molar-refractivity contribution in [2.24, 2.45) is 11.8 Å². The van der Waals surface area contributed by atoms with E-state index in [-0.39, 0.29) is 5.60 Å². The van der Waals surface area contributed by atoms with E-state index in [0.29, 0.717) is 6.10 Å². The highest BCUT2D eigenvalue weighted by Gasteiger charge is 2.38. The van der Waals surface area contributed by atoms with E-state index in [1.807, 2.05) is 0 Å². The third kappa shape index (κ3) is 3.48. The molecule has 2 aliphatic carbocycles. The van der Waals surface area contributed by atoms with E-state index in [9.17, 15) is 0 Å². The SMILES string of the molecule is CNCC1(OC2CCCC2)CCC(C(C)C)CC1. The highest BCUT2D eigenvalue weighted by atomic mass is 16.5. The van der Waals surface area contributed by atoms with E-state index in [1.165, 1.54) is 51.4 Å². The Kier molecular flexibility index (Phi) is 5.08. The predicted molar refractivity (Wildman–Crippen MR) is 76.8 cm³/mol. The third-order valence-electron chi connectivity index (χ3n) is 5.10. The van der Waals surface area contributed by atoms with Crippen molar-refractivity contribution >= 4 is 0 Å². The number of ether oxygens (including phenoxy) is 1. The molecule has 18 heavy (non-hydrogen) atoms. The highest BCUT2D eigenvalue weighted by Crippen LogP contribution is 2.40. The molecule has 0 amide bonds. The smallest absolute Gasteiger partial charge is 0.0810 e. The summed E-state index contributed by atoms with van der Waals surface area (Å²) < 4.78 is 6.55. The van der Waals surface area contributed by atoms with Crippen molar-refractivity contribution in [2.45, 2.75) is 76.9 Å². The summed E-state index contributed by atoms with van der Waals surface area (Å²) in [6, 6.07) is 0. The van der Waals surface area contributed by atoms with Crippen LogP contribution in [0.4, 0.5) is 0 Å². The first-order chi connectivity index (χ1) is 8.65. The maximum atomic E-state index is 6.55. The van der Waals surface area contributed by atoms with Crippen LogP contribution in [0, 0.1) is 11.8 Å². The Morgan fingerprint density at radius 2 is 1.72 bits per heavy atom. The van der Waals surface area contributed by atoms with Gasteiger partial charge in [0.05, 0.1) is 11.7 Å². The summed E-state index contributed by atoms with van der Waals surface area (Å²) in [6.07, 6.45) is 11.1. The minimum Gasteiger partial charge on any atom is -0.370 e. The lowest BCUT2D eigenvalue weighted by Gasteiger charge is -2.43. The maximum Gasteiger partial charge on any atom is 0.0810 e. The van der Waals surface area contributed by atoms with E-state index >= 15 is 0 Å². The average molecular weight is 253 g/mol. The molecule has 0 radical (unpaired) electrons. The van der Waals surface area contributed by atoms with Gasteiger partial charge in [-0.1, -0.05) is 26.7 Å². The lowest BCUT2D eigenvalue weighted by molar-refractivity contribution is -0.116. The van der Waals surface area contributed by atoms with Crippen LogP contribution in [0.2, 0.25) is 0 Å². The number of hydrogen-bond acceptors (Lipinski definition) is 2. The topological polar surface area (TPSA) is 21.3 Å². The largest absolute Gasteiger partial charge is 0.370 e. The number of likely N-dealkylation sites (N-methyl/N-ethyl adjacent to an activating group) is 1. The van der Waals surface area contributed by atoms with Gasteiger partial charge in [-0.15, -0.1) is 0 Å². The van der Waals surface area contributed by atoms with Gasteiger partial charge < -0.3 is 10.1 Å². The molecule has 0 aromatic carbocycles. The summed E-state index contributed by atoms with van der Waals surface area (Å²) in [4.78, 5) is 0. The van der Waals surface area contributed by atoms with Gasteiger partial charge >= 0.3 is 0 Å². The van der Waals surface area contributed by atoms with E-state index in [2.05, 4.69) is 26.2 Å². The standard InChI is InChI=1S/C16H31NO/c1-13(2)14-8-10-16(11-9-14,12-17-3)18-15-6-4-5-7-15/h13-15,17H,4-12H2,1-3H3. The second kappa shape index (κ2) is 6.38. The molecule has 2 rings (SSSR count). The van der Waals surface area contributed by atoms with Crippen LogP contribution in [-0.4, -0.2) is 25.3 Å². The molecule has 0 aliphatic heterocycles. The summed E-state index contributed by atoms with van der Waals surface area (Å²) in [5, 5.41) is 3.37. The number of nitrogens with one attached hydrogen (secondary N) is 1. The van der Waals surface area contributed by atoms with E-state index in [1.54, 1.807) is 0 Å². The van der Waals surface area contributed by atoms with Gasteiger partial charge in [-0.2, -0.15) is 0 Å². The summed E-state index contributed by atoms with van der Waals surface area (Å²) in [5.41, 5.74) is 0.148. The van der Waals surface area contributed by atoms with Gasteiger partial charge in [0.15, 0.2) is 0 Å². The van der Waals surface area contributed by atoms with Gasteiger partial charge in [-0.25, -0.2) is 0 Å². The van der Waals surface area contributed by atoms with Crippen molar-refractivity contribution in [3.05, 3.63) is 0 Å². The molecule has 2 saturated carbocycles. The van der Waals surface area contributed by atoms with Crippen molar-refractivity contribution in [1.29, 1.82) is 0 Å². The Hall–Kier alpha value is -0.0800. The molecule has 1 N–H and O–H groups in total. The molecule has 0 aromatic heterocycles. The van der Waals surface area contributed by atoms with Crippen molar-refractivity contribution < 1.29 is 4.74 Å². The molecule has 0 spiro atoms. The molecule has 0 aromatic rings. The number of hydrogen-bond donors (Lipinski definition) is 1. The van der Waals surface area contributed by atoms with Crippen molar-refractivity contribution in [2.75, 3.05) is 13.6 Å². The van der Waals surface area contributed by atoms with Gasteiger partial charge in [0, 0.05) is 6.54 Å². The molecule has 2 nitrogen and oxygen atoms in total. The van der Waals surface area contributed by atoms with Crippen molar-refractivity contribution in [3.8, 4) is 0 Å². The predicted octanol–water partition coefficient (Wildman–Crippen LogP) is 3.75. The van der Waals surface area contributed by atoms with Crippen LogP contribution >= 0.6 is 0 Å². The molecule has 2 fully saturated rings. The number of rotatable bonds is 5. The summed E-state index contributed by atoms with van der Waals surface area (Å²) in [6.45, 7) is 5.77. The van der Waals surface area contributed by atoms with Crippen LogP contribution in [0.1, 0.15) is 65.2 Å². The zero-order valence-corrected chi connectivity index (χ0v) is 12.5. The van der Waals surface area contributed by atoms with Crippen molar-refractivity contribution in [1.82, 2.24) is 5.32 Å². The molecule has 0 atom stereocenters. The van der Waals surface area contributed by atoms with Crippen LogP contribution in [0.25, 0.3) is 0 Å². The fourth-order valence-corrected chi connectivity index (χ4v) is 3.85. The maximum absolute atomic E-state index is 6.55. The summed E-state index contributed by atoms with van der Waals surface area (Å²) in [5.74, 6) is 1.76. The van der Waals surface area contributed by atoms with Crippen LogP contribution in [-0.2, 0) is 4.74 Å². The Balaban J connectivity index is 1.91. The minimum atomic E-state index is 0.148. The lowest BCUT2D eigenvalue weighted by atomic mass is 9.74. The Bertz CT molecular complexity index is 237. The van der Waals surface area contributed by atoms with Gasteiger partial charge in [-0.3, -0.25) is 0 Å². The molecule has 2 heteroatoms. The van der Waals surface area contributed by atoms with Gasteiger partial charge in [0.1, 0.15) is 0 Å². The second-order valence-corrected chi connectivity index (χ2v) is 6.82.